The fourth-order valence-corrected chi connectivity index (χ4v) is 0.245. The number of carbonyl (C=O) groups is 1. The Balaban J connectivity index is -0.0000000261. The Kier molecular flexibility index (Phi) is 51.0. The van der Waals surface area contributed by atoms with Gasteiger partial charge in [-0.05, 0) is 6.92 Å². The number of nitriles is 1. The average Bonchev–Trinajstić information content (AvgIpc) is 2.00. The molecule has 0 spiro atoms. The second kappa shape index (κ2) is 22.6. The predicted molar refractivity (Wildman–Crippen MR) is 66.5 cm³/mol. The molecule has 0 N–H and O–H groups in total. The first-order valence-electron chi connectivity index (χ1n) is 3.22. The summed E-state index contributed by atoms with van der Waals surface area (Å²) >= 11 is 0. The summed E-state index contributed by atoms with van der Waals surface area (Å²) in [5.74, 6) is -0.972. The van der Waals surface area contributed by atoms with Crippen molar-refractivity contribution in [1.82, 2.24) is 0 Å². The largest absolute Gasteiger partial charge is 0.788 e. The van der Waals surface area contributed by atoms with Crippen molar-refractivity contribution in [2.45, 2.75) is 6.92 Å². The van der Waals surface area contributed by atoms with E-state index in [4.69, 9.17) is 10.7 Å². The Bertz CT molecular complexity index is 252. The van der Waals surface area contributed by atoms with Gasteiger partial charge in [0.25, 0.3) is 0 Å². The molecule has 116 valence electrons. The van der Waals surface area contributed by atoms with Crippen LogP contribution in [0.15, 0.2) is 0 Å². The van der Waals surface area contributed by atoms with E-state index in [1.54, 1.807) is 6.92 Å². The van der Waals surface area contributed by atoms with Gasteiger partial charge in [-0.3, -0.25) is 0 Å². The summed E-state index contributed by atoms with van der Waals surface area (Å²) in [6, 6.07) is 1.25. The zero-order valence-electron chi connectivity index (χ0n) is 11.5. The van der Waals surface area contributed by atoms with Gasteiger partial charge in [0.1, 0.15) is 0 Å². The molecule has 0 aliphatic heterocycles. The molecule has 0 saturated heterocycles. The minimum Gasteiger partial charge on any atom is -0.788 e. The van der Waals surface area contributed by atoms with Crippen molar-refractivity contribution in [3.8, 4) is 6.07 Å². The van der Waals surface area contributed by atoms with Crippen LogP contribution in [0.3, 0.4) is 0 Å². The van der Waals surface area contributed by atoms with Crippen molar-refractivity contribution in [2.24, 2.45) is 0 Å². The number of rotatable bonds is 2. The minimum atomic E-state index is -6.00. The van der Waals surface area contributed by atoms with E-state index in [1.165, 1.54) is 6.07 Å². The van der Waals surface area contributed by atoms with E-state index in [0.717, 1.165) is 0 Å². The molecule has 0 unspecified atom stereocenters. The molecule has 0 aliphatic carbocycles. The maximum atomic E-state index is 10.2. The molecule has 0 aromatic heterocycles. The molecule has 0 radical (unpaired) electrons. The molecule has 0 saturated carbocycles. The summed E-state index contributed by atoms with van der Waals surface area (Å²) in [5.41, 5.74) is -0.906. The third-order valence-corrected chi connectivity index (χ3v) is 0.575. The van der Waals surface area contributed by atoms with Crippen LogP contribution in [0.25, 0.3) is 5.41 Å². The molecule has 0 atom stereocenters. The summed E-state index contributed by atoms with van der Waals surface area (Å²) in [6.07, 6.45) is 0. The molecular formula is C9H17BF4N2O2U-6. The van der Waals surface area contributed by atoms with Gasteiger partial charge in [-0.2, -0.15) is 5.26 Å². The smallest absolute Gasteiger partial charge is 0.673 e. The normalized spacial score (nSPS) is 6.74. The van der Waals surface area contributed by atoms with Gasteiger partial charge in [0, 0.05) is 36.8 Å². The maximum Gasteiger partial charge on any atom is 0.673 e. The molecule has 0 bridgehead atoms. The van der Waals surface area contributed by atoms with Gasteiger partial charge in [0.15, 0.2) is 0 Å². The molecule has 0 aromatic carbocycles. The Hall–Kier alpha value is -0.533. The molecule has 0 heterocycles. The topological polar surface area (TPSA) is 72.4 Å². The van der Waals surface area contributed by atoms with Crippen LogP contribution < -0.4 is 0 Å². The van der Waals surface area contributed by atoms with Gasteiger partial charge in [0.2, 0.25) is 0 Å². The zero-order chi connectivity index (χ0) is 11.8. The molecule has 4 nitrogen and oxygen atoms in total. The molecular weight excluding hydrogens is 493 g/mol. The standard InChI is InChI=1S/C5H5N2O2.4CH3.BF4.U/c1-2-9-5(8)4(7)3-6;;;;;2-1(3,4)5;/h2H2,1H3;4*1H3;;/q6*-1;. The Labute approximate surface area is 136 Å². The number of hydrogen-bond donors (Lipinski definition) is 0. The van der Waals surface area contributed by atoms with E-state index in [0.29, 0.717) is 0 Å². The van der Waals surface area contributed by atoms with Gasteiger partial charge in [0.05, 0.1) is 12.7 Å². The van der Waals surface area contributed by atoms with Crippen molar-refractivity contribution in [2.75, 3.05) is 6.61 Å². The molecule has 0 aromatic rings. The van der Waals surface area contributed by atoms with Crippen LogP contribution in [0.4, 0.5) is 17.3 Å². The van der Waals surface area contributed by atoms with Crippen LogP contribution in [-0.4, -0.2) is 25.5 Å². The summed E-state index contributed by atoms with van der Waals surface area (Å²) in [6.45, 7) is 1.74. The number of nitrogens with zero attached hydrogens (tertiary/aromatic N) is 2. The van der Waals surface area contributed by atoms with Crippen LogP contribution in [0.1, 0.15) is 6.92 Å². The summed E-state index contributed by atoms with van der Waals surface area (Å²) in [5, 5.41) is 16.2. The second-order valence-electron chi connectivity index (χ2n) is 1.68. The third-order valence-electron chi connectivity index (χ3n) is 0.575. The zero-order valence-corrected chi connectivity index (χ0v) is 15.7. The van der Waals surface area contributed by atoms with Crippen molar-refractivity contribution < 1.29 is 57.9 Å². The quantitative estimate of drug-likeness (QED) is 0.189. The average molecular weight is 510 g/mol. The molecule has 0 amide bonds. The van der Waals surface area contributed by atoms with E-state index in [-0.39, 0.29) is 67.4 Å². The second-order valence-corrected chi connectivity index (χ2v) is 1.68. The summed E-state index contributed by atoms with van der Waals surface area (Å²) < 4.78 is 43.2. The number of ether oxygens (including phenoxy) is 1. The predicted octanol–water partition coefficient (Wildman–Crippen LogP) is 3.18. The first-order valence-corrected chi connectivity index (χ1v) is 3.22. The molecule has 19 heavy (non-hydrogen) atoms. The van der Waals surface area contributed by atoms with E-state index in [9.17, 15) is 22.1 Å². The van der Waals surface area contributed by atoms with E-state index >= 15 is 0 Å². The van der Waals surface area contributed by atoms with Gasteiger partial charge < -0.3 is 57.1 Å². The molecule has 0 fully saturated rings. The van der Waals surface area contributed by atoms with E-state index in [1.807, 2.05) is 0 Å². The summed E-state index contributed by atoms with van der Waals surface area (Å²) in [4.78, 5) is 10.2. The first kappa shape index (κ1) is 42.8. The van der Waals surface area contributed by atoms with Crippen molar-refractivity contribution in [3.05, 3.63) is 35.1 Å². The number of halogens is 4. The Morgan fingerprint density at radius 1 is 1.21 bits per heavy atom. The molecule has 10 heteroatoms. The monoisotopic (exact) mass is 510 g/mol. The van der Waals surface area contributed by atoms with Crippen molar-refractivity contribution in [3.63, 3.8) is 0 Å². The van der Waals surface area contributed by atoms with Crippen LogP contribution in [0.5, 0.6) is 0 Å². The van der Waals surface area contributed by atoms with E-state index < -0.39 is 18.9 Å². The van der Waals surface area contributed by atoms with Crippen LogP contribution >= 0.6 is 0 Å². The SMILES string of the molecule is CCOC(=O)C(=[N-])C#N.F[B-](F)(F)F.[CH3-].[CH3-].[CH3-].[CH3-].[U]. The molecule has 0 rings (SSSR count). The fourth-order valence-electron chi connectivity index (χ4n) is 0.245. The number of hydrogen-bond acceptors (Lipinski definition) is 3. The molecule has 0 aliphatic rings. The van der Waals surface area contributed by atoms with Gasteiger partial charge in [-0.1, -0.05) is 0 Å². The van der Waals surface area contributed by atoms with Crippen LogP contribution in [-0.2, 0) is 9.53 Å². The Morgan fingerprint density at radius 2 is 1.47 bits per heavy atom. The van der Waals surface area contributed by atoms with Crippen LogP contribution in [0, 0.1) is 72.2 Å². The van der Waals surface area contributed by atoms with Gasteiger partial charge in [-0.25, -0.2) is 4.79 Å². The summed E-state index contributed by atoms with van der Waals surface area (Å²) in [7, 11) is -6.00. The Morgan fingerprint density at radius 3 is 1.63 bits per heavy atom. The third kappa shape index (κ3) is 58.3. The number of esters is 1. The maximum absolute atomic E-state index is 10.2. The van der Waals surface area contributed by atoms with Crippen molar-refractivity contribution >= 4 is 18.9 Å². The first-order chi connectivity index (χ1) is 6.22. The van der Waals surface area contributed by atoms with E-state index in [2.05, 4.69) is 4.74 Å². The van der Waals surface area contributed by atoms with Gasteiger partial charge >= 0.3 is 13.2 Å². The van der Waals surface area contributed by atoms with Crippen molar-refractivity contribution in [1.29, 1.82) is 5.26 Å². The minimum absolute atomic E-state index is 0. The van der Waals surface area contributed by atoms with Crippen LogP contribution in [0.2, 0.25) is 0 Å². The number of carbonyl (C=O) groups excluding carboxylic acids is 1. The van der Waals surface area contributed by atoms with Gasteiger partial charge in [-0.15, -0.1) is 0 Å². The fraction of sp³-hybridized carbons (Fsp3) is 0.222.